The zero-order valence-electron chi connectivity index (χ0n) is 15.6. The van der Waals surface area contributed by atoms with Crippen molar-refractivity contribution in [2.75, 3.05) is 11.9 Å². The standard InChI is InChI=1S/C20H23N3O4S/c1-14-7-8-15(20(25)22-16-9-10-16)13-18(14)23-19(24)11-12-21-28(26,27)17-5-3-2-4-6-17/h2-8,13,16,21H,9-12H2,1H3,(H,22,25)(H,23,24). The van der Waals surface area contributed by atoms with Crippen molar-refractivity contribution in [3.05, 3.63) is 59.7 Å². The fourth-order valence-electron chi connectivity index (χ4n) is 2.59. The first-order chi connectivity index (χ1) is 13.3. The smallest absolute Gasteiger partial charge is 0.251 e. The fourth-order valence-corrected chi connectivity index (χ4v) is 3.64. The summed E-state index contributed by atoms with van der Waals surface area (Å²) >= 11 is 0. The molecule has 1 saturated carbocycles. The monoisotopic (exact) mass is 401 g/mol. The van der Waals surface area contributed by atoms with E-state index in [9.17, 15) is 18.0 Å². The molecular formula is C20H23N3O4S. The second-order valence-corrected chi connectivity index (χ2v) is 8.55. The number of benzene rings is 2. The SMILES string of the molecule is Cc1ccc(C(=O)NC2CC2)cc1NC(=O)CCNS(=O)(=O)c1ccccc1. The lowest BCUT2D eigenvalue weighted by molar-refractivity contribution is -0.116. The Bertz CT molecular complexity index is 970. The van der Waals surface area contributed by atoms with E-state index < -0.39 is 10.0 Å². The molecule has 8 heteroatoms. The third-order valence-corrected chi connectivity index (χ3v) is 5.86. The summed E-state index contributed by atoms with van der Waals surface area (Å²) in [7, 11) is -3.64. The lowest BCUT2D eigenvalue weighted by Crippen LogP contribution is -2.28. The fraction of sp³-hybridized carbons (Fsp3) is 0.300. The van der Waals surface area contributed by atoms with Crippen LogP contribution in [0.3, 0.4) is 0 Å². The number of carbonyl (C=O) groups is 2. The van der Waals surface area contributed by atoms with Gasteiger partial charge in [0.15, 0.2) is 0 Å². The van der Waals surface area contributed by atoms with Crippen LogP contribution in [0.4, 0.5) is 5.69 Å². The molecule has 7 nitrogen and oxygen atoms in total. The third-order valence-electron chi connectivity index (χ3n) is 4.38. The van der Waals surface area contributed by atoms with Gasteiger partial charge in [-0.15, -0.1) is 0 Å². The summed E-state index contributed by atoms with van der Waals surface area (Å²) in [5.41, 5.74) is 1.85. The minimum atomic E-state index is -3.64. The molecule has 0 unspecified atom stereocenters. The normalized spacial score (nSPS) is 13.8. The first-order valence-electron chi connectivity index (χ1n) is 9.11. The van der Waals surface area contributed by atoms with Crippen molar-refractivity contribution >= 4 is 27.5 Å². The van der Waals surface area contributed by atoms with Gasteiger partial charge in [0.25, 0.3) is 5.91 Å². The molecular weight excluding hydrogens is 378 g/mol. The Hall–Kier alpha value is -2.71. The molecule has 0 aromatic heterocycles. The molecule has 0 saturated heterocycles. The number of hydrogen-bond acceptors (Lipinski definition) is 4. The van der Waals surface area contributed by atoms with Crippen LogP contribution in [0.1, 0.15) is 35.2 Å². The Balaban J connectivity index is 1.55. The Morgan fingerprint density at radius 2 is 1.79 bits per heavy atom. The Morgan fingerprint density at radius 1 is 1.07 bits per heavy atom. The first-order valence-corrected chi connectivity index (χ1v) is 10.6. The van der Waals surface area contributed by atoms with Crippen molar-refractivity contribution in [3.8, 4) is 0 Å². The van der Waals surface area contributed by atoms with Gasteiger partial charge in [-0.05, 0) is 49.6 Å². The zero-order chi connectivity index (χ0) is 20.1. The van der Waals surface area contributed by atoms with Gasteiger partial charge in [-0.3, -0.25) is 9.59 Å². The highest BCUT2D eigenvalue weighted by atomic mass is 32.2. The summed E-state index contributed by atoms with van der Waals surface area (Å²) in [6.45, 7) is 1.81. The highest BCUT2D eigenvalue weighted by Crippen LogP contribution is 2.21. The second-order valence-electron chi connectivity index (χ2n) is 6.79. The van der Waals surface area contributed by atoms with Crippen molar-refractivity contribution in [2.24, 2.45) is 0 Å². The average molecular weight is 401 g/mol. The van der Waals surface area contributed by atoms with Gasteiger partial charge in [-0.2, -0.15) is 0 Å². The van der Waals surface area contributed by atoms with E-state index in [-0.39, 0.29) is 35.7 Å². The van der Waals surface area contributed by atoms with Crippen LogP contribution >= 0.6 is 0 Å². The molecule has 0 atom stereocenters. The summed E-state index contributed by atoms with van der Waals surface area (Å²) < 4.78 is 26.7. The topological polar surface area (TPSA) is 104 Å². The molecule has 1 aliphatic carbocycles. The molecule has 0 radical (unpaired) electrons. The zero-order valence-corrected chi connectivity index (χ0v) is 16.4. The predicted molar refractivity (Wildman–Crippen MR) is 107 cm³/mol. The van der Waals surface area contributed by atoms with Gasteiger partial charge in [0.1, 0.15) is 0 Å². The average Bonchev–Trinajstić information content (AvgIpc) is 3.48. The van der Waals surface area contributed by atoms with Crippen molar-refractivity contribution in [2.45, 2.75) is 37.1 Å². The lowest BCUT2D eigenvalue weighted by atomic mass is 10.1. The first kappa shape index (κ1) is 20.0. The predicted octanol–water partition coefficient (Wildman–Crippen LogP) is 2.19. The van der Waals surface area contributed by atoms with Crippen LogP contribution < -0.4 is 15.4 Å². The van der Waals surface area contributed by atoms with Gasteiger partial charge in [0.05, 0.1) is 4.90 Å². The summed E-state index contributed by atoms with van der Waals surface area (Å²) in [6.07, 6.45) is 1.98. The number of amides is 2. The van der Waals surface area contributed by atoms with Gasteiger partial charge in [-0.1, -0.05) is 24.3 Å². The number of hydrogen-bond donors (Lipinski definition) is 3. The summed E-state index contributed by atoms with van der Waals surface area (Å²) in [5, 5.41) is 5.65. The minimum absolute atomic E-state index is 0.0238. The Kier molecular flexibility index (Phi) is 6.11. The number of carbonyl (C=O) groups excluding carboxylic acids is 2. The third kappa shape index (κ3) is 5.40. The van der Waals surface area contributed by atoms with Crippen LogP contribution in [0.2, 0.25) is 0 Å². The van der Waals surface area contributed by atoms with Crippen LogP contribution in [0, 0.1) is 6.92 Å². The Labute approximate surface area is 164 Å². The molecule has 2 aromatic carbocycles. The van der Waals surface area contributed by atoms with Crippen LogP contribution in [-0.2, 0) is 14.8 Å². The van der Waals surface area contributed by atoms with Crippen LogP contribution in [0.15, 0.2) is 53.4 Å². The maximum absolute atomic E-state index is 12.2. The molecule has 0 bridgehead atoms. The van der Waals surface area contributed by atoms with Crippen molar-refractivity contribution < 1.29 is 18.0 Å². The van der Waals surface area contributed by atoms with E-state index in [0.29, 0.717) is 11.3 Å². The van der Waals surface area contributed by atoms with Gasteiger partial charge in [0.2, 0.25) is 15.9 Å². The molecule has 1 fully saturated rings. The van der Waals surface area contributed by atoms with E-state index in [2.05, 4.69) is 15.4 Å². The van der Waals surface area contributed by atoms with Crippen molar-refractivity contribution in [3.63, 3.8) is 0 Å². The molecule has 2 amide bonds. The maximum atomic E-state index is 12.2. The van der Waals surface area contributed by atoms with Crippen molar-refractivity contribution in [1.29, 1.82) is 0 Å². The van der Waals surface area contributed by atoms with E-state index in [1.807, 2.05) is 6.92 Å². The number of anilines is 1. The second kappa shape index (κ2) is 8.53. The molecule has 1 aliphatic rings. The summed E-state index contributed by atoms with van der Waals surface area (Å²) in [6, 6.07) is 13.4. The van der Waals surface area contributed by atoms with Gasteiger partial charge < -0.3 is 10.6 Å². The number of nitrogens with one attached hydrogen (secondary N) is 3. The summed E-state index contributed by atoms with van der Waals surface area (Å²) in [4.78, 5) is 24.5. The van der Waals surface area contributed by atoms with Crippen LogP contribution in [0.25, 0.3) is 0 Å². The van der Waals surface area contributed by atoms with Crippen molar-refractivity contribution in [1.82, 2.24) is 10.0 Å². The largest absolute Gasteiger partial charge is 0.349 e. The van der Waals surface area contributed by atoms with Gasteiger partial charge in [0, 0.05) is 30.3 Å². The minimum Gasteiger partial charge on any atom is -0.349 e. The van der Waals surface area contributed by atoms with E-state index in [4.69, 9.17) is 0 Å². The van der Waals surface area contributed by atoms with E-state index in [0.717, 1.165) is 18.4 Å². The van der Waals surface area contributed by atoms with Gasteiger partial charge in [-0.25, -0.2) is 13.1 Å². The van der Waals surface area contributed by atoms with E-state index in [1.165, 1.54) is 12.1 Å². The molecule has 148 valence electrons. The summed E-state index contributed by atoms with van der Waals surface area (Å²) in [5.74, 6) is -0.493. The quantitative estimate of drug-likeness (QED) is 0.631. The van der Waals surface area contributed by atoms with E-state index in [1.54, 1.807) is 36.4 Å². The highest BCUT2D eigenvalue weighted by Gasteiger charge is 2.24. The molecule has 0 aliphatic heterocycles. The molecule has 3 rings (SSSR count). The molecule has 0 spiro atoms. The van der Waals surface area contributed by atoms with Crippen LogP contribution in [-0.4, -0.2) is 32.8 Å². The van der Waals surface area contributed by atoms with Gasteiger partial charge >= 0.3 is 0 Å². The molecule has 3 N–H and O–H groups in total. The maximum Gasteiger partial charge on any atom is 0.251 e. The number of sulfonamides is 1. The van der Waals surface area contributed by atoms with Crippen LogP contribution in [0.5, 0.6) is 0 Å². The Morgan fingerprint density at radius 3 is 2.46 bits per heavy atom. The molecule has 2 aromatic rings. The molecule has 0 heterocycles. The number of rotatable bonds is 8. The number of aryl methyl sites for hydroxylation is 1. The van der Waals surface area contributed by atoms with E-state index >= 15 is 0 Å². The highest BCUT2D eigenvalue weighted by molar-refractivity contribution is 7.89. The lowest BCUT2D eigenvalue weighted by Gasteiger charge is -2.11. The molecule has 28 heavy (non-hydrogen) atoms.